The first-order chi connectivity index (χ1) is 6.56. The molecule has 0 unspecified atom stereocenters. The van der Waals surface area contributed by atoms with Crippen LogP contribution in [0.4, 0.5) is 0 Å². The fraction of sp³-hybridized carbons (Fsp3) is 1.00. The van der Waals surface area contributed by atoms with E-state index in [2.05, 4.69) is 41.5 Å². The van der Waals surface area contributed by atoms with Gasteiger partial charge in [-0.25, -0.2) is 0 Å². The van der Waals surface area contributed by atoms with Crippen LogP contribution in [-0.4, -0.2) is 23.3 Å². The Morgan fingerprint density at radius 1 is 0.933 bits per heavy atom. The van der Waals surface area contributed by atoms with Crippen molar-refractivity contribution in [2.45, 2.75) is 59.9 Å². The lowest BCUT2D eigenvalue weighted by molar-refractivity contribution is -0.931. The Bertz CT molecular complexity index is 214. The standard InChI is InChI=1S/C13H27NO/c1-12(2,3)11-7-9-14(15,10-8-11)13(4,5)6/h11H,7-10H2,1-6H3. The first kappa shape index (κ1) is 13.0. The van der Waals surface area contributed by atoms with E-state index in [-0.39, 0.29) is 10.2 Å². The van der Waals surface area contributed by atoms with E-state index in [1.807, 2.05) is 0 Å². The molecule has 0 spiro atoms. The highest BCUT2D eigenvalue weighted by Crippen LogP contribution is 2.39. The van der Waals surface area contributed by atoms with E-state index >= 15 is 0 Å². The van der Waals surface area contributed by atoms with E-state index in [0.29, 0.717) is 5.41 Å². The Balaban J connectivity index is 2.64. The molecule has 0 N–H and O–H groups in total. The molecular weight excluding hydrogens is 186 g/mol. The maximum Gasteiger partial charge on any atom is 0.0904 e. The van der Waals surface area contributed by atoms with Gasteiger partial charge in [-0.2, -0.15) is 0 Å². The van der Waals surface area contributed by atoms with Crippen molar-refractivity contribution in [3.05, 3.63) is 5.21 Å². The van der Waals surface area contributed by atoms with Crippen molar-refractivity contribution in [3.63, 3.8) is 0 Å². The van der Waals surface area contributed by atoms with Crippen LogP contribution in [0.5, 0.6) is 0 Å². The van der Waals surface area contributed by atoms with Crippen molar-refractivity contribution in [2.24, 2.45) is 11.3 Å². The van der Waals surface area contributed by atoms with E-state index < -0.39 is 0 Å². The molecule has 0 radical (unpaired) electrons. The maximum atomic E-state index is 12.6. The summed E-state index contributed by atoms with van der Waals surface area (Å²) in [6.45, 7) is 14.7. The van der Waals surface area contributed by atoms with Crippen LogP contribution < -0.4 is 0 Å². The van der Waals surface area contributed by atoms with Crippen LogP contribution in [0.1, 0.15) is 54.4 Å². The summed E-state index contributed by atoms with van der Waals surface area (Å²) >= 11 is 0. The van der Waals surface area contributed by atoms with Crippen LogP contribution in [0.2, 0.25) is 0 Å². The summed E-state index contributed by atoms with van der Waals surface area (Å²) in [7, 11) is 0. The van der Waals surface area contributed by atoms with E-state index in [1.165, 1.54) is 0 Å². The van der Waals surface area contributed by atoms with Gasteiger partial charge in [0.2, 0.25) is 0 Å². The van der Waals surface area contributed by atoms with Gasteiger partial charge in [0.25, 0.3) is 0 Å². The molecule has 0 aliphatic carbocycles. The van der Waals surface area contributed by atoms with Crippen molar-refractivity contribution < 1.29 is 4.65 Å². The van der Waals surface area contributed by atoms with Gasteiger partial charge < -0.3 is 9.85 Å². The van der Waals surface area contributed by atoms with Gasteiger partial charge >= 0.3 is 0 Å². The van der Waals surface area contributed by atoms with Gasteiger partial charge in [0.15, 0.2) is 0 Å². The van der Waals surface area contributed by atoms with Crippen molar-refractivity contribution in [1.29, 1.82) is 0 Å². The van der Waals surface area contributed by atoms with E-state index in [1.54, 1.807) is 0 Å². The molecule has 2 nitrogen and oxygen atoms in total. The number of rotatable bonds is 0. The quantitative estimate of drug-likeness (QED) is 0.446. The third-order valence-electron chi connectivity index (χ3n) is 4.12. The summed E-state index contributed by atoms with van der Waals surface area (Å²) in [5.41, 5.74) is 0.214. The zero-order valence-corrected chi connectivity index (χ0v) is 11.3. The molecule has 1 aliphatic heterocycles. The second-order valence-electron chi connectivity index (χ2n) is 7.15. The maximum absolute atomic E-state index is 12.6. The lowest BCUT2D eigenvalue weighted by Crippen LogP contribution is -2.60. The zero-order chi connectivity index (χ0) is 11.9. The molecule has 0 aromatic carbocycles. The smallest absolute Gasteiger partial charge is 0.0904 e. The lowest BCUT2D eigenvalue weighted by atomic mass is 9.74. The Morgan fingerprint density at radius 2 is 1.33 bits per heavy atom. The van der Waals surface area contributed by atoms with Crippen molar-refractivity contribution >= 4 is 0 Å². The Kier molecular flexibility index (Phi) is 3.24. The van der Waals surface area contributed by atoms with Crippen LogP contribution >= 0.6 is 0 Å². The van der Waals surface area contributed by atoms with E-state index in [4.69, 9.17) is 0 Å². The minimum atomic E-state index is -0.150. The van der Waals surface area contributed by atoms with Gasteiger partial charge in [0, 0.05) is 12.8 Å². The Hall–Kier alpha value is -0.0800. The average molecular weight is 213 g/mol. The van der Waals surface area contributed by atoms with Crippen molar-refractivity contribution in [3.8, 4) is 0 Å². The highest BCUT2D eigenvalue weighted by molar-refractivity contribution is 4.79. The van der Waals surface area contributed by atoms with Crippen molar-refractivity contribution in [2.75, 3.05) is 13.1 Å². The van der Waals surface area contributed by atoms with Gasteiger partial charge in [-0.1, -0.05) is 20.8 Å². The van der Waals surface area contributed by atoms with Crippen LogP contribution in [0.25, 0.3) is 0 Å². The summed E-state index contributed by atoms with van der Waals surface area (Å²) in [4.78, 5) is 0. The lowest BCUT2D eigenvalue weighted by Gasteiger charge is -2.57. The number of hydrogen-bond donors (Lipinski definition) is 0. The fourth-order valence-electron chi connectivity index (χ4n) is 2.52. The second-order valence-corrected chi connectivity index (χ2v) is 7.15. The number of hydroxylamine groups is 3. The zero-order valence-electron chi connectivity index (χ0n) is 11.3. The predicted octanol–water partition coefficient (Wildman–Crippen LogP) is 3.56. The number of quaternary nitrogens is 1. The van der Waals surface area contributed by atoms with Crippen LogP contribution in [0.15, 0.2) is 0 Å². The Morgan fingerprint density at radius 3 is 1.60 bits per heavy atom. The summed E-state index contributed by atoms with van der Waals surface area (Å²) in [6.07, 6.45) is 2.18. The molecule has 0 aromatic rings. The second kappa shape index (κ2) is 3.74. The largest absolute Gasteiger partial charge is 0.632 e. The third-order valence-corrected chi connectivity index (χ3v) is 4.12. The first-order valence-corrected chi connectivity index (χ1v) is 6.14. The van der Waals surface area contributed by atoms with E-state index in [9.17, 15) is 5.21 Å². The summed E-state index contributed by atoms with van der Waals surface area (Å²) in [6, 6.07) is 0. The van der Waals surface area contributed by atoms with Gasteiger partial charge in [-0.3, -0.25) is 0 Å². The SMILES string of the molecule is CC(C)(C)C1CC[N+]([O-])(C(C)(C)C)CC1. The molecule has 1 rings (SSSR count). The topological polar surface area (TPSA) is 23.1 Å². The highest BCUT2D eigenvalue weighted by atomic mass is 16.6. The number of hydrogen-bond acceptors (Lipinski definition) is 1. The van der Waals surface area contributed by atoms with Crippen LogP contribution in [0.3, 0.4) is 0 Å². The molecule has 0 atom stereocenters. The molecule has 1 saturated heterocycles. The van der Waals surface area contributed by atoms with Crippen molar-refractivity contribution in [1.82, 2.24) is 0 Å². The van der Waals surface area contributed by atoms with Gasteiger partial charge in [-0.15, -0.1) is 0 Å². The molecule has 1 fully saturated rings. The van der Waals surface area contributed by atoms with E-state index in [0.717, 1.165) is 31.8 Å². The monoisotopic (exact) mass is 213 g/mol. The normalized spacial score (nSPS) is 34.2. The molecule has 2 heteroatoms. The molecule has 90 valence electrons. The number of likely N-dealkylation sites (tertiary alicyclic amines) is 1. The fourth-order valence-corrected chi connectivity index (χ4v) is 2.52. The van der Waals surface area contributed by atoms with Crippen LogP contribution in [0, 0.1) is 16.5 Å². The summed E-state index contributed by atoms with van der Waals surface area (Å²) in [5, 5.41) is 12.6. The van der Waals surface area contributed by atoms with Crippen LogP contribution in [-0.2, 0) is 0 Å². The molecule has 0 amide bonds. The first-order valence-electron chi connectivity index (χ1n) is 6.14. The third kappa shape index (κ3) is 2.73. The Labute approximate surface area is 94.8 Å². The summed E-state index contributed by atoms with van der Waals surface area (Å²) < 4.78 is -0.000417. The molecular formula is C13H27NO. The molecule has 15 heavy (non-hydrogen) atoms. The minimum Gasteiger partial charge on any atom is -0.632 e. The average Bonchev–Trinajstić information content (AvgIpc) is 2.01. The molecule has 0 saturated carbocycles. The highest BCUT2D eigenvalue weighted by Gasteiger charge is 2.39. The predicted molar refractivity (Wildman–Crippen MR) is 65.3 cm³/mol. The molecule has 0 bridgehead atoms. The summed E-state index contributed by atoms with van der Waals surface area (Å²) in [5.74, 6) is 0.722. The van der Waals surface area contributed by atoms with Gasteiger partial charge in [0.1, 0.15) is 0 Å². The van der Waals surface area contributed by atoms with Gasteiger partial charge in [0.05, 0.1) is 18.6 Å². The molecule has 1 heterocycles. The number of piperidine rings is 1. The molecule has 0 aromatic heterocycles. The van der Waals surface area contributed by atoms with Gasteiger partial charge in [-0.05, 0) is 32.1 Å². The molecule has 1 aliphatic rings. The number of nitrogens with zero attached hydrogens (tertiary/aromatic N) is 1. The minimum absolute atomic E-state index is 0.000417.